The van der Waals surface area contributed by atoms with Crippen molar-refractivity contribution in [2.24, 2.45) is 0 Å². The Bertz CT molecular complexity index is 1100. The van der Waals surface area contributed by atoms with E-state index in [1.54, 1.807) is 6.07 Å². The van der Waals surface area contributed by atoms with E-state index in [4.69, 9.17) is 16.1 Å². The third-order valence-corrected chi connectivity index (χ3v) is 5.27. The van der Waals surface area contributed by atoms with E-state index in [-0.39, 0.29) is 11.6 Å². The van der Waals surface area contributed by atoms with Gasteiger partial charge in [-0.2, -0.15) is 0 Å². The lowest BCUT2D eigenvalue weighted by Crippen LogP contribution is -2.22. The van der Waals surface area contributed by atoms with E-state index in [2.05, 4.69) is 15.5 Å². The molecule has 0 bridgehead atoms. The van der Waals surface area contributed by atoms with Crippen molar-refractivity contribution in [1.29, 1.82) is 0 Å². The van der Waals surface area contributed by atoms with E-state index < -0.39 is 0 Å². The van der Waals surface area contributed by atoms with Crippen molar-refractivity contribution in [2.45, 2.75) is 13.5 Å². The predicted molar refractivity (Wildman–Crippen MR) is 110 cm³/mol. The number of aryl methyl sites for hydroxylation is 1. The molecular formula is C21H16ClN3O2S. The largest absolute Gasteiger partial charge is 0.355 e. The smallest absolute Gasteiger partial charge is 0.273 e. The van der Waals surface area contributed by atoms with Crippen LogP contribution in [0.4, 0.5) is 0 Å². The number of carbonyl (C=O) groups is 1. The van der Waals surface area contributed by atoms with E-state index in [1.165, 1.54) is 11.3 Å². The van der Waals surface area contributed by atoms with Crippen LogP contribution < -0.4 is 5.32 Å². The number of hydrogen-bond donors (Lipinski definition) is 1. The molecule has 0 atom stereocenters. The van der Waals surface area contributed by atoms with Gasteiger partial charge in [0.1, 0.15) is 5.01 Å². The monoisotopic (exact) mass is 409 g/mol. The first-order chi connectivity index (χ1) is 13.6. The Balaban J connectivity index is 1.40. The Kier molecular flexibility index (Phi) is 5.23. The van der Waals surface area contributed by atoms with E-state index >= 15 is 0 Å². The van der Waals surface area contributed by atoms with Crippen LogP contribution in [0.2, 0.25) is 5.02 Å². The van der Waals surface area contributed by atoms with Crippen LogP contribution in [0.5, 0.6) is 0 Å². The summed E-state index contributed by atoms with van der Waals surface area (Å²) in [5.41, 5.74) is 4.11. The highest BCUT2D eigenvalue weighted by Gasteiger charge is 2.14. The summed E-state index contributed by atoms with van der Waals surface area (Å²) >= 11 is 7.40. The van der Waals surface area contributed by atoms with Gasteiger partial charge in [-0.3, -0.25) is 4.79 Å². The summed E-state index contributed by atoms with van der Waals surface area (Å²) in [6, 6.07) is 17.0. The summed E-state index contributed by atoms with van der Waals surface area (Å²) in [6.07, 6.45) is 0. The number of benzene rings is 2. The number of nitrogens with one attached hydrogen (secondary N) is 1. The highest BCUT2D eigenvalue weighted by Crippen LogP contribution is 2.24. The maximum Gasteiger partial charge on any atom is 0.273 e. The van der Waals surface area contributed by atoms with Gasteiger partial charge in [-0.25, -0.2) is 4.98 Å². The third kappa shape index (κ3) is 4.13. The predicted octanol–water partition coefficient (Wildman–Crippen LogP) is 5.36. The normalized spacial score (nSPS) is 10.8. The van der Waals surface area contributed by atoms with Gasteiger partial charge in [0.15, 0.2) is 11.5 Å². The Labute approximate surface area is 171 Å². The lowest BCUT2D eigenvalue weighted by Gasteiger charge is -1.99. The lowest BCUT2D eigenvalue weighted by molar-refractivity contribution is 0.0942. The molecule has 0 aliphatic rings. The second-order valence-electron chi connectivity index (χ2n) is 6.26. The van der Waals surface area contributed by atoms with Gasteiger partial charge in [-0.05, 0) is 19.1 Å². The van der Waals surface area contributed by atoms with Gasteiger partial charge in [0.25, 0.3) is 5.91 Å². The fourth-order valence-corrected chi connectivity index (χ4v) is 3.50. The van der Waals surface area contributed by atoms with Crippen molar-refractivity contribution in [3.05, 3.63) is 81.3 Å². The molecule has 0 spiro atoms. The fraction of sp³-hybridized carbons (Fsp3) is 0.0952. The van der Waals surface area contributed by atoms with Gasteiger partial charge < -0.3 is 9.84 Å². The minimum absolute atomic E-state index is 0.241. The average molecular weight is 410 g/mol. The third-order valence-electron chi connectivity index (χ3n) is 4.17. The molecule has 4 rings (SSSR count). The molecule has 1 amide bonds. The molecule has 0 aliphatic heterocycles. The molecule has 5 nitrogen and oxygen atoms in total. The molecule has 0 fully saturated rings. The Hall–Kier alpha value is -2.96. The van der Waals surface area contributed by atoms with Gasteiger partial charge in [0.05, 0.1) is 12.2 Å². The number of thiazole rings is 1. The summed E-state index contributed by atoms with van der Waals surface area (Å²) < 4.78 is 5.30. The summed E-state index contributed by atoms with van der Waals surface area (Å²) in [6.45, 7) is 2.34. The van der Waals surface area contributed by atoms with Crippen molar-refractivity contribution >= 4 is 28.8 Å². The molecule has 0 radical (unpaired) electrons. The molecule has 4 aromatic rings. The first-order valence-electron chi connectivity index (χ1n) is 8.61. The van der Waals surface area contributed by atoms with Crippen LogP contribution in [0.15, 0.2) is 64.5 Å². The molecule has 0 saturated heterocycles. The second-order valence-corrected chi connectivity index (χ2v) is 7.64. The standard InChI is InChI=1S/C21H16ClN3O2S/c1-13-2-4-15(5-3-13)19-10-17(25-27-19)21(26)23-11-20-24-18(12-28-20)14-6-8-16(22)9-7-14/h2-10,12H,11H2,1H3,(H,23,26). The maximum absolute atomic E-state index is 12.4. The number of halogens is 1. The quantitative estimate of drug-likeness (QED) is 0.482. The lowest BCUT2D eigenvalue weighted by atomic mass is 10.1. The topological polar surface area (TPSA) is 68.0 Å². The van der Waals surface area contributed by atoms with Gasteiger partial charge in [0.2, 0.25) is 0 Å². The molecule has 2 aromatic heterocycles. The second kappa shape index (κ2) is 7.96. The minimum Gasteiger partial charge on any atom is -0.355 e. The molecule has 7 heteroatoms. The highest BCUT2D eigenvalue weighted by molar-refractivity contribution is 7.09. The molecule has 2 aromatic carbocycles. The summed E-state index contributed by atoms with van der Waals surface area (Å²) in [5.74, 6) is 0.259. The van der Waals surface area contributed by atoms with Crippen LogP contribution in [0.3, 0.4) is 0 Å². The maximum atomic E-state index is 12.4. The van der Waals surface area contributed by atoms with Crippen molar-refractivity contribution in [3.8, 4) is 22.6 Å². The first kappa shape index (κ1) is 18.4. The zero-order valence-corrected chi connectivity index (χ0v) is 16.6. The molecule has 0 saturated carbocycles. The van der Waals surface area contributed by atoms with E-state index in [9.17, 15) is 4.79 Å². The minimum atomic E-state index is -0.301. The van der Waals surface area contributed by atoms with Crippen LogP contribution in [0.1, 0.15) is 21.1 Å². The molecule has 140 valence electrons. The van der Waals surface area contributed by atoms with Gasteiger partial charge in [-0.15, -0.1) is 11.3 Å². The molecule has 0 aliphatic carbocycles. The summed E-state index contributed by atoms with van der Waals surface area (Å²) in [7, 11) is 0. The van der Waals surface area contributed by atoms with Gasteiger partial charge in [0, 0.05) is 27.6 Å². The zero-order valence-electron chi connectivity index (χ0n) is 15.0. The summed E-state index contributed by atoms with van der Waals surface area (Å²) in [5, 5.41) is 10.1. The summed E-state index contributed by atoms with van der Waals surface area (Å²) in [4.78, 5) is 16.9. The molecular weight excluding hydrogens is 394 g/mol. The van der Waals surface area contributed by atoms with Gasteiger partial charge >= 0.3 is 0 Å². The average Bonchev–Trinajstić information content (AvgIpc) is 3.37. The number of nitrogens with zero attached hydrogens (tertiary/aromatic N) is 2. The number of aromatic nitrogens is 2. The van der Waals surface area contributed by atoms with Crippen molar-refractivity contribution in [3.63, 3.8) is 0 Å². The Morgan fingerprint density at radius 3 is 2.57 bits per heavy atom. The molecule has 0 unspecified atom stereocenters. The Morgan fingerprint density at radius 1 is 1.11 bits per heavy atom. The Morgan fingerprint density at radius 2 is 1.82 bits per heavy atom. The fourth-order valence-electron chi connectivity index (χ4n) is 2.63. The molecule has 1 N–H and O–H groups in total. The molecule has 28 heavy (non-hydrogen) atoms. The van der Waals surface area contributed by atoms with Crippen molar-refractivity contribution in [1.82, 2.24) is 15.5 Å². The molecule has 2 heterocycles. The van der Waals surface area contributed by atoms with Crippen LogP contribution >= 0.6 is 22.9 Å². The van der Waals surface area contributed by atoms with Gasteiger partial charge in [-0.1, -0.05) is 58.7 Å². The van der Waals surface area contributed by atoms with Crippen LogP contribution in [0, 0.1) is 6.92 Å². The van der Waals surface area contributed by atoms with E-state index in [0.717, 1.165) is 27.4 Å². The SMILES string of the molecule is Cc1ccc(-c2cc(C(=O)NCc3nc(-c4ccc(Cl)cc4)cs3)no2)cc1. The first-order valence-corrected chi connectivity index (χ1v) is 9.86. The zero-order chi connectivity index (χ0) is 19.5. The van der Waals surface area contributed by atoms with Crippen molar-refractivity contribution < 1.29 is 9.32 Å². The number of hydrogen-bond acceptors (Lipinski definition) is 5. The van der Waals surface area contributed by atoms with E-state index in [1.807, 2.05) is 60.8 Å². The number of rotatable bonds is 5. The highest BCUT2D eigenvalue weighted by atomic mass is 35.5. The van der Waals surface area contributed by atoms with Crippen LogP contribution in [0.25, 0.3) is 22.6 Å². The van der Waals surface area contributed by atoms with Crippen LogP contribution in [-0.4, -0.2) is 16.0 Å². The van der Waals surface area contributed by atoms with Crippen molar-refractivity contribution in [2.75, 3.05) is 0 Å². The number of carbonyl (C=O) groups excluding carboxylic acids is 1. The number of amides is 1. The van der Waals surface area contributed by atoms with E-state index in [0.29, 0.717) is 17.3 Å². The van der Waals surface area contributed by atoms with Crippen LogP contribution in [-0.2, 0) is 6.54 Å².